The second-order valence-electron chi connectivity index (χ2n) is 8.91. The number of aromatic nitrogens is 6. The third-order valence-corrected chi connectivity index (χ3v) is 7.29. The molecule has 0 aromatic carbocycles. The van der Waals surface area contributed by atoms with Crippen molar-refractivity contribution in [3.63, 3.8) is 0 Å². The second-order valence-corrected chi connectivity index (χ2v) is 9.89. The minimum absolute atomic E-state index is 0.000689. The van der Waals surface area contributed by atoms with Crippen LogP contribution in [0.25, 0.3) is 11.3 Å². The largest absolute Gasteiger partial charge is 0.453 e. The molecule has 10 nitrogen and oxygen atoms in total. The molecular weight excluding hydrogens is 542 g/mol. The van der Waals surface area contributed by atoms with Crippen molar-refractivity contribution in [3.05, 3.63) is 35.4 Å². The van der Waals surface area contributed by atoms with Gasteiger partial charge < -0.3 is 14.9 Å². The number of rotatable bonds is 6. The van der Waals surface area contributed by atoms with Crippen LogP contribution in [0.5, 0.6) is 0 Å². The highest BCUT2D eigenvalue weighted by molar-refractivity contribution is 7.16. The summed E-state index contributed by atoms with van der Waals surface area (Å²) in [6.07, 6.45) is -3.86. The number of piperazine rings is 1. The van der Waals surface area contributed by atoms with Crippen molar-refractivity contribution in [2.45, 2.75) is 43.7 Å². The Morgan fingerprint density at radius 3 is 2.34 bits per heavy atom. The summed E-state index contributed by atoms with van der Waals surface area (Å²) in [7, 11) is 0. The lowest BCUT2D eigenvalue weighted by Gasteiger charge is -2.41. The number of alkyl halides is 6. The predicted molar refractivity (Wildman–Crippen MR) is 120 cm³/mol. The summed E-state index contributed by atoms with van der Waals surface area (Å²) in [5, 5.41) is 12.3. The molecule has 1 unspecified atom stereocenters. The van der Waals surface area contributed by atoms with E-state index >= 15 is 0 Å². The van der Waals surface area contributed by atoms with Crippen molar-refractivity contribution < 1.29 is 36.2 Å². The normalized spacial score (nSPS) is 18.8. The van der Waals surface area contributed by atoms with Gasteiger partial charge in [-0.2, -0.15) is 26.3 Å². The van der Waals surface area contributed by atoms with Crippen molar-refractivity contribution in [1.29, 1.82) is 0 Å². The Hall–Kier alpha value is -3.34. The van der Waals surface area contributed by atoms with Gasteiger partial charge in [-0.05, 0) is 12.8 Å². The summed E-state index contributed by atoms with van der Waals surface area (Å²) >= 11 is 0.441. The molecule has 1 atom stereocenters. The molecule has 1 saturated heterocycles. The van der Waals surface area contributed by atoms with Crippen molar-refractivity contribution >= 4 is 22.2 Å². The minimum Gasteiger partial charge on any atom is -0.394 e. The molecule has 1 amide bonds. The maximum atomic E-state index is 13.6. The van der Waals surface area contributed by atoms with E-state index in [0.29, 0.717) is 22.7 Å². The van der Waals surface area contributed by atoms with E-state index in [9.17, 15) is 36.2 Å². The molecule has 5 rings (SSSR count). The zero-order valence-corrected chi connectivity index (χ0v) is 20.3. The van der Waals surface area contributed by atoms with Crippen molar-refractivity contribution in [3.8, 4) is 11.3 Å². The average Bonchev–Trinajstić information content (AvgIpc) is 3.42. The SMILES string of the molecule is O=C(Cn1cnc(C(F)(F)F)n1)N1CCN(c2sc(C(F)(F)F)nc2-c2cnc(C3CC3)nc2)CC1CO. The van der Waals surface area contributed by atoms with Crippen LogP contribution in [0, 0.1) is 0 Å². The molecule has 1 N–H and O–H groups in total. The van der Waals surface area contributed by atoms with E-state index in [2.05, 4.69) is 25.0 Å². The number of amides is 1. The Labute approximate surface area is 215 Å². The first-order chi connectivity index (χ1) is 17.9. The monoisotopic (exact) mass is 562 g/mol. The number of carbonyl (C=O) groups is 1. The van der Waals surface area contributed by atoms with E-state index in [-0.39, 0.29) is 36.2 Å². The fraction of sp³-hybridized carbons (Fsp3) is 0.524. The summed E-state index contributed by atoms with van der Waals surface area (Å²) in [5.74, 6) is -1.12. The standard InChI is InChI=1S/C21H20F6N8O2S/c22-20(23,24)18-30-10-34(32-18)8-14(37)35-4-3-33(7-13(35)9-36)17-15(31-19(38-17)21(25,26)27)12-5-28-16(29-6-12)11-1-2-11/h5-6,10-11,13,36H,1-4,7-9H2. The highest BCUT2D eigenvalue weighted by Gasteiger charge is 2.40. The number of aliphatic hydroxyl groups is 1. The Morgan fingerprint density at radius 2 is 1.76 bits per heavy atom. The molecule has 2 aliphatic rings. The average molecular weight is 563 g/mol. The topological polar surface area (TPSA) is 113 Å². The molecule has 3 aromatic heterocycles. The first-order valence-electron chi connectivity index (χ1n) is 11.5. The fourth-order valence-corrected chi connectivity index (χ4v) is 5.09. The van der Waals surface area contributed by atoms with Crippen molar-refractivity contribution in [1.82, 2.24) is 34.6 Å². The molecule has 0 bridgehead atoms. The van der Waals surface area contributed by atoms with E-state index in [1.165, 1.54) is 17.3 Å². The number of hydrogen-bond acceptors (Lipinski definition) is 9. The van der Waals surface area contributed by atoms with Gasteiger partial charge in [-0.3, -0.25) is 4.79 Å². The van der Waals surface area contributed by atoms with Gasteiger partial charge in [-0.25, -0.2) is 24.6 Å². The van der Waals surface area contributed by atoms with E-state index < -0.39 is 48.3 Å². The van der Waals surface area contributed by atoms with Crippen LogP contribution in [0.1, 0.15) is 35.4 Å². The number of halogens is 6. The maximum absolute atomic E-state index is 13.6. The number of carbonyl (C=O) groups excluding carboxylic acids is 1. The van der Waals surface area contributed by atoms with Gasteiger partial charge >= 0.3 is 12.4 Å². The molecule has 1 aliphatic carbocycles. The van der Waals surface area contributed by atoms with E-state index in [1.807, 2.05) is 0 Å². The number of thiazole rings is 1. The summed E-state index contributed by atoms with van der Waals surface area (Å²) in [6, 6.07) is -0.834. The van der Waals surface area contributed by atoms with E-state index in [4.69, 9.17) is 0 Å². The summed E-state index contributed by atoms with van der Waals surface area (Å²) in [5.41, 5.74) is 0.352. The molecule has 0 radical (unpaired) electrons. The molecule has 1 saturated carbocycles. The Kier molecular flexibility index (Phi) is 6.75. The molecule has 2 fully saturated rings. The van der Waals surface area contributed by atoms with Gasteiger partial charge in [0.05, 0.1) is 12.6 Å². The highest BCUT2D eigenvalue weighted by Crippen LogP contribution is 2.43. The van der Waals surface area contributed by atoms with Crippen LogP contribution < -0.4 is 4.90 Å². The van der Waals surface area contributed by atoms with Gasteiger partial charge in [0.15, 0.2) is 0 Å². The smallest absolute Gasteiger partial charge is 0.394 e. The molecule has 3 aromatic rings. The lowest BCUT2D eigenvalue weighted by molar-refractivity contribution is -0.145. The third kappa shape index (κ3) is 5.43. The molecular formula is C21H20F6N8O2S. The van der Waals surface area contributed by atoms with Crippen LogP contribution in [0.15, 0.2) is 18.7 Å². The molecule has 0 spiro atoms. The molecule has 1 aliphatic heterocycles. The minimum atomic E-state index is -4.77. The third-order valence-electron chi connectivity index (χ3n) is 6.13. The number of aliphatic hydroxyl groups excluding tert-OH is 1. The summed E-state index contributed by atoms with van der Waals surface area (Å²) in [6.45, 7) is -0.996. The van der Waals surface area contributed by atoms with Gasteiger partial charge in [0.2, 0.25) is 10.9 Å². The van der Waals surface area contributed by atoms with E-state index in [0.717, 1.165) is 23.9 Å². The van der Waals surface area contributed by atoms with Gasteiger partial charge in [0.1, 0.15) is 29.4 Å². The molecule has 204 valence electrons. The molecule has 4 heterocycles. The van der Waals surface area contributed by atoms with Gasteiger partial charge in [0.25, 0.3) is 5.82 Å². The predicted octanol–water partition coefficient (Wildman–Crippen LogP) is 2.82. The van der Waals surface area contributed by atoms with Gasteiger partial charge in [0, 0.05) is 43.5 Å². The quantitative estimate of drug-likeness (QED) is 0.457. The van der Waals surface area contributed by atoms with Crippen LogP contribution >= 0.6 is 11.3 Å². The van der Waals surface area contributed by atoms with Crippen LogP contribution in [-0.2, 0) is 23.7 Å². The lowest BCUT2D eigenvalue weighted by Crippen LogP contribution is -2.57. The van der Waals surface area contributed by atoms with Gasteiger partial charge in [-0.15, -0.1) is 5.10 Å². The Morgan fingerprint density at radius 1 is 1.05 bits per heavy atom. The van der Waals surface area contributed by atoms with Crippen molar-refractivity contribution in [2.24, 2.45) is 0 Å². The summed E-state index contributed by atoms with van der Waals surface area (Å²) < 4.78 is 79.7. The van der Waals surface area contributed by atoms with Crippen LogP contribution in [0.2, 0.25) is 0 Å². The highest BCUT2D eigenvalue weighted by atomic mass is 32.1. The van der Waals surface area contributed by atoms with Gasteiger partial charge in [-0.1, -0.05) is 11.3 Å². The first-order valence-corrected chi connectivity index (χ1v) is 12.3. The number of hydrogen-bond donors (Lipinski definition) is 1. The number of anilines is 1. The number of nitrogens with zero attached hydrogens (tertiary/aromatic N) is 8. The Balaban J connectivity index is 1.35. The first kappa shape index (κ1) is 26.3. The van der Waals surface area contributed by atoms with Crippen LogP contribution in [0.4, 0.5) is 31.3 Å². The lowest BCUT2D eigenvalue weighted by atomic mass is 10.1. The Bertz CT molecular complexity index is 1300. The zero-order chi connectivity index (χ0) is 27.2. The second kappa shape index (κ2) is 9.76. The molecule has 17 heteroatoms. The fourth-order valence-electron chi connectivity index (χ4n) is 4.10. The van der Waals surface area contributed by atoms with Crippen LogP contribution in [0.3, 0.4) is 0 Å². The molecule has 38 heavy (non-hydrogen) atoms. The van der Waals surface area contributed by atoms with Crippen molar-refractivity contribution in [2.75, 3.05) is 31.1 Å². The zero-order valence-electron chi connectivity index (χ0n) is 19.4. The maximum Gasteiger partial charge on any atom is 0.453 e. The summed E-state index contributed by atoms with van der Waals surface area (Å²) in [4.78, 5) is 31.2. The van der Waals surface area contributed by atoms with Crippen LogP contribution in [-0.4, -0.2) is 77.9 Å². The van der Waals surface area contributed by atoms with E-state index in [1.54, 1.807) is 4.90 Å².